The molecule has 0 atom stereocenters. The van der Waals surface area contributed by atoms with Crippen LogP contribution in [0.15, 0.2) is 28.7 Å². The highest BCUT2D eigenvalue weighted by molar-refractivity contribution is 7.09. The molecule has 0 aliphatic heterocycles. The highest BCUT2D eigenvalue weighted by atomic mass is 32.1. The number of aromatic nitrogens is 1. The monoisotopic (exact) mass is 301 g/mol. The van der Waals surface area contributed by atoms with Gasteiger partial charge in [0.2, 0.25) is 5.96 Å². The molecular weight excluding hydrogens is 282 g/mol. The Morgan fingerprint density at radius 1 is 1.33 bits per heavy atom. The Morgan fingerprint density at radius 2 is 2.05 bits per heavy atom. The molecular formula is C15H19N5S. The lowest BCUT2D eigenvalue weighted by molar-refractivity contribution is 0.828. The van der Waals surface area contributed by atoms with Crippen molar-refractivity contribution in [2.75, 3.05) is 0 Å². The van der Waals surface area contributed by atoms with E-state index in [1.165, 1.54) is 11.1 Å². The summed E-state index contributed by atoms with van der Waals surface area (Å²) < 4.78 is 0. The third kappa shape index (κ3) is 4.39. The second kappa shape index (κ2) is 6.99. The van der Waals surface area contributed by atoms with Crippen LogP contribution in [-0.4, -0.2) is 17.2 Å². The highest BCUT2D eigenvalue weighted by Gasteiger charge is 2.00. The summed E-state index contributed by atoms with van der Waals surface area (Å²) in [5.74, 6) is 0.158. The molecule has 2 rings (SSSR count). The molecule has 6 heteroatoms. The third-order valence-corrected chi connectivity index (χ3v) is 3.96. The van der Waals surface area contributed by atoms with E-state index in [4.69, 9.17) is 5.41 Å². The molecule has 0 spiro atoms. The van der Waals surface area contributed by atoms with Crippen molar-refractivity contribution in [1.29, 1.82) is 5.41 Å². The lowest BCUT2D eigenvalue weighted by Crippen LogP contribution is -2.32. The molecule has 0 aliphatic carbocycles. The van der Waals surface area contributed by atoms with E-state index >= 15 is 0 Å². The van der Waals surface area contributed by atoms with E-state index in [0.29, 0.717) is 6.54 Å². The number of hydrazone groups is 1. The van der Waals surface area contributed by atoms with E-state index in [1.54, 1.807) is 17.6 Å². The molecule has 0 amide bonds. The molecule has 1 heterocycles. The van der Waals surface area contributed by atoms with Gasteiger partial charge in [0.05, 0.1) is 12.8 Å². The van der Waals surface area contributed by atoms with Gasteiger partial charge in [-0.15, -0.1) is 11.3 Å². The molecule has 5 nitrogen and oxygen atoms in total. The van der Waals surface area contributed by atoms with Crippen LogP contribution in [0.25, 0.3) is 0 Å². The maximum absolute atomic E-state index is 7.76. The maximum Gasteiger partial charge on any atom is 0.209 e. The fourth-order valence-electron chi connectivity index (χ4n) is 1.88. The van der Waals surface area contributed by atoms with Crippen molar-refractivity contribution in [1.82, 2.24) is 15.7 Å². The summed E-state index contributed by atoms with van der Waals surface area (Å²) in [5.41, 5.74) is 7.09. The van der Waals surface area contributed by atoms with Gasteiger partial charge in [-0.05, 0) is 31.9 Å². The van der Waals surface area contributed by atoms with Crippen molar-refractivity contribution >= 4 is 23.5 Å². The summed E-state index contributed by atoms with van der Waals surface area (Å²) in [6, 6.07) is 6.11. The van der Waals surface area contributed by atoms with Crippen LogP contribution in [0.3, 0.4) is 0 Å². The fraction of sp³-hybridized carbons (Fsp3) is 0.267. The normalized spacial score (nSPS) is 10.8. The van der Waals surface area contributed by atoms with E-state index < -0.39 is 0 Å². The topological polar surface area (TPSA) is 73.2 Å². The minimum absolute atomic E-state index is 0.158. The summed E-state index contributed by atoms with van der Waals surface area (Å²) in [4.78, 5) is 4.33. The Balaban J connectivity index is 1.85. The zero-order valence-electron chi connectivity index (χ0n) is 12.4. The first-order valence-corrected chi connectivity index (χ1v) is 7.53. The highest BCUT2D eigenvalue weighted by Crippen LogP contribution is 2.10. The van der Waals surface area contributed by atoms with Crippen molar-refractivity contribution < 1.29 is 0 Å². The number of hydrogen-bond acceptors (Lipinski definition) is 4. The van der Waals surface area contributed by atoms with Crippen LogP contribution in [0.2, 0.25) is 0 Å². The minimum atomic E-state index is 0.158. The standard InChI is InChI=1S/C15H19N5S/c1-10-5-4-6-11(2)13(10)7-18-20-15(16)17-8-14-19-12(3)9-21-14/h4-7,9H,8H2,1-3H3,(H3,16,17,20). The van der Waals surface area contributed by atoms with Crippen molar-refractivity contribution in [3.63, 3.8) is 0 Å². The summed E-state index contributed by atoms with van der Waals surface area (Å²) in [5, 5.41) is 17.7. The Hall–Kier alpha value is -2.21. The Morgan fingerprint density at radius 3 is 2.67 bits per heavy atom. The van der Waals surface area contributed by atoms with Gasteiger partial charge in [-0.25, -0.2) is 10.4 Å². The van der Waals surface area contributed by atoms with Crippen LogP contribution >= 0.6 is 11.3 Å². The van der Waals surface area contributed by atoms with Gasteiger partial charge < -0.3 is 5.32 Å². The number of rotatable bonds is 4. The van der Waals surface area contributed by atoms with Crippen LogP contribution in [0.4, 0.5) is 0 Å². The number of benzene rings is 1. The number of guanidine groups is 1. The molecule has 0 unspecified atom stereocenters. The third-order valence-electron chi connectivity index (χ3n) is 3.00. The SMILES string of the molecule is Cc1csc(CNC(=N)NN=Cc2c(C)cccc2C)n1. The van der Waals surface area contributed by atoms with Crippen LogP contribution < -0.4 is 10.7 Å². The number of hydrogen-bond donors (Lipinski definition) is 3. The predicted molar refractivity (Wildman–Crippen MR) is 88.1 cm³/mol. The van der Waals surface area contributed by atoms with Gasteiger partial charge in [0.25, 0.3) is 0 Å². The number of aryl methyl sites for hydroxylation is 3. The lowest BCUT2D eigenvalue weighted by Gasteiger charge is -2.06. The number of nitrogens with zero attached hydrogens (tertiary/aromatic N) is 2. The molecule has 0 radical (unpaired) electrons. The first kappa shape index (κ1) is 15.2. The molecule has 0 aliphatic rings. The molecule has 2 aromatic rings. The molecule has 110 valence electrons. The van der Waals surface area contributed by atoms with Crippen molar-refractivity contribution in [3.05, 3.63) is 51.0 Å². The maximum atomic E-state index is 7.76. The van der Waals surface area contributed by atoms with Gasteiger partial charge in [-0.3, -0.25) is 5.41 Å². The smallest absolute Gasteiger partial charge is 0.209 e. The van der Waals surface area contributed by atoms with Gasteiger partial charge in [0.15, 0.2) is 0 Å². The van der Waals surface area contributed by atoms with Crippen LogP contribution in [0.5, 0.6) is 0 Å². The summed E-state index contributed by atoms with van der Waals surface area (Å²) in [6.45, 7) is 6.58. The minimum Gasteiger partial charge on any atom is -0.349 e. The van der Waals surface area contributed by atoms with Crippen molar-refractivity contribution in [2.45, 2.75) is 27.3 Å². The zero-order chi connectivity index (χ0) is 15.2. The average Bonchev–Trinajstić information content (AvgIpc) is 2.85. The van der Waals surface area contributed by atoms with Crippen molar-refractivity contribution in [2.24, 2.45) is 5.10 Å². The average molecular weight is 301 g/mol. The molecule has 21 heavy (non-hydrogen) atoms. The van der Waals surface area contributed by atoms with E-state index in [0.717, 1.165) is 16.3 Å². The van der Waals surface area contributed by atoms with Gasteiger partial charge in [-0.2, -0.15) is 5.10 Å². The van der Waals surface area contributed by atoms with Crippen molar-refractivity contribution in [3.8, 4) is 0 Å². The van der Waals surface area contributed by atoms with Crippen LogP contribution in [0, 0.1) is 26.2 Å². The Labute approximate surface area is 128 Å². The zero-order valence-corrected chi connectivity index (χ0v) is 13.2. The molecule has 0 bridgehead atoms. The van der Waals surface area contributed by atoms with Gasteiger partial charge >= 0.3 is 0 Å². The van der Waals surface area contributed by atoms with Gasteiger partial charge in [0, 0.05) is 16.6 Å². The molecule has 1 aromatic carbocycles. The van der Waals surface area contributed by atoms with Crippen LogP contribution in [0.1, 0.15) is 27.4 Å². The quantitative estimate of drug-likeness (QED) is 0.462. The summed E-state index contributed by atoms with van der Waals surface area (Å²) in [6.07, 6.45) is 1.74. The van der Waals surface area contributed by atoms with E-state index in [-0.39, 0.29) is 5.96 Å². The van der Waals surface area contributed by atoms with E-state index in [2.05, 4.69) is 20.8 Å². The summed E-state index contributed by atoms with van der Waals surface area (Å²) in [7, 11) is 0. The second-order valence-electron chi connectivity index (χ2n) is 4.79. The largest absolute Gasteiger partial charge is 0.349 e. The number of nitrogens with one attached hydrogen (secondary N) is 3. The van der Waals surface area contributed by atoms with Crippen LogP contribution in [-0.2, 0) is 6.54 Å². The fourth-order valence-corrected chi connectivity index (χ4v) is 2.59. The number of thiazole rings is 1. The molecule has 0 saturated heterocycles. The van der Waals surface area contributed by atoms with Gasteiger partial charge in [-0.1, -0.05) is 18.2 Å². The van der Waals surface area contributed by atoms with Gasteiger partial charge in [0.1, 0.15) is 5.01 Å². The molecule has 0 saturated carbocycles. The molecule has 1 aromatic heterocycles. The lowest BCUT2D eigenvalue weighted by atomic mass is 10.0. The van der Waals surface area contributed by atoms with E-state index in [9.17, 15) is 0 Å². The summed E-state index contributed by atoms with van der Waals surface area (Å²) >= 11 is 1.58. The first-order valence-electron chi connectivity index (χ1n) is 6.65. The second-order valence-corrected chi connectivity index (χ2v) is 5.73. The Bertz CT molecular complexity index is 640. The predicted octanol–water partition coefficient (Wildman–Crippen LogP) is 2.72. The molecule has 0 fully saturated rings. The molecule has 3 N–H and O–H groups in total. The first-order chi connectivity index (χ1) is 10.1. The van der Waals surface area contributed by atoms with E-state index in [1.807, 2.05) is 44.4 Å². The Kier molecular flexibility index (Phi) is 5.05.